The Bertz CT molecular complexity index is 1100. The maximum absolute atomic E-state index is 12.6. The van der Waals surface area contributed by atoms with Crippen molar-refractivity contribution >= 4 is 17.6 Å². The molecule has 2 fully saturated rings. The highest BCUT2D eigenvalue weighted by molar-refractivity contribution is 5.77. The summed E-state index contributed by atoms with van der Waals surface area (Å²) in [5.74, 6) is -0.177. The van der Waals surface area contributed by atoms with Crippen LogP contribution in [0.5, 0.6) is 0 Å². The van der Waals surface area contributed by atoms with Crippen molar-refractivity contribution < 1.29 is 19.1 Å². The second-order valence-electron chi connectivity index (χ2n) is 10.0. The highest BCUT2D eigenvalue weighted by Gasteiger charge is 2.25. The number of piperazine rings is 1. The molecule has 1 unspecified atom stereocenters. The Morgan fingerprint density at radius 3 is 2.39 bits per heavy atom. The Morgan fingerprint density at radius 2 is 1.71 bits per heavy atom. The molecule has 0 bridgehead atoms. The molecule has 1 atom stereocenters. The van der Waals surface area contributed by atoms with Gasteiger partial charge >= 0.3 is 5.97 Å². The highest BCUT2D eigenvalue weighted by atomic mass is 16.5. The predicted molar refractivity (Wildman–Crippen MR) is 145 cm³/mol. The summed E-state index contributed by atoms with van der Waals surface area (Å²) in [6, 6.07) is 18.4. The van der Waals surface area contributed by atoms with Crippen molar-refractivity contribution in [2.45, 2.75) is 44.8 Å². The average molecular weight is 519 g/mol. The number of anilines is 1. The van der Waals surface area contributed by atoms with E-state index in [9.17, 15) is 9.59 Å². The van der Waals surface area contributed by atoms with Gasteiger partial charge in [-0.1, -0.05) is 24.3 Å². The molecular weight excluding hydrogens is 480 g/mol. The van der Waals surface area contributed by atoms with Gasteiger partial charge in [0.15, 0.2) is 0 Å². The quantitative estimate of drug-likeness (QED) is 0.417. The van der Waals surface area contributed by atoms with Crippen LogP contribution in [0.15, 0.2) is 48.5 Å². The summed E-state index contributed by atoms with van der Waals surface area (Å²) < 4.78 is 11.2. The van der Waals surface area contributed by atoms with Gasteiger partial charge in [-0.05, 0) is 54.7 Å². The largest absolute Gasteiger partial charge is 0.469 e. The maximum Gasteiger partial charge on any atom is 0.305 e. The molecule has 202 valence electrons. The number of hydrogen-bond donors (Lipinski definition) is 0. The fourth-order valence-corrected chi connectivity index (χ4v) is 5.08. The molecule has 2 saturated heterocycles. The van der Waals surface area contributed by atoms with Crippen LogP contribution in [0.2, 0.25) is 0 Å². The van der Waals surface area contributed by atoms with Crippen LogP contribution in [0.3, 0.4) is 0 Å². The van der Waals surface area contributed by atoms with Gasteiger partial charge in [0.25, 0.3) is 0 Å². The van der Waals surface area contributed by atoms with Gasteiger partial charge < -0.3 is 19.3 Å². The van der Waals surface area contributed by atoms with Gasteiger partial charge in [-0.3, -0.25) is 14.5 Å². The minimum absolute atomic E-state index is 0.0977. The highest BCUT2D eigenvalue weighted by Crippen LogP contribution is 2.27. The smallest absolute Gasteiger partial charge is 0.305 e. The summed E-state index contributed by atoms with van der Waals surface area (Å²) in [5, 5.41) is 9.09. The Balaban J connectivity index is 1.37. The number of nitrogens with zero attached hydrogens (tertiary/aromatic N) is 4. The molecule has 38 heavy (non-hydrogen) atoms. The second-order valence-corrected chi connectivity index (χ2v) is 10.0. The van der Waals surface area contributed by atoms with Crippen LogP contribution >= 0.6 is 0 Å². The van der Waals surface area contributed by atoms with E-state index in [-0.39, 0.29) is 24.4 Å². The lowest BCUT2D eigenvalue weighted by Crippen LogP contribution is -2.49. The predicted octanol–water partition coefficient (Wildman–Crippen LogP) is 3.90. The summed E-state index contributed by atoms with van der Waals surface area (Å²) in [4.78, 5) is 30.6. The molecule has 2 aromatic rings. The van der Waals surface area contributed by atoms with E-state index in [2.05, 4.69) is 44.9 Å². The molecule has 2 aliphatic heterocycles. The molecule has 8 nitrogen and oxygen atoms in total. The third-order valence-electron chi connectivity index (χ3n) is 7.40. The van der Waals surface area contributed by atoms with Crippen molar-refractivity contribution in [2.24, 2.45) is 0 Å². The van der Waals surface area contributed by atoms with Gasteiger partial charge in [-0.2, -0.15) is 5.26 Å². The Morgan fingerprint density at radius 1 is 0.974 bits per heavy atom. The number of esters is 1. The van der Waals surface area contributed by atoms with Crippen LogP contribution in [0.4, 0.5) is 5.69 Å². The standard InChI is InChI=1S/C30H38N4O4/c1-37-30(36)9-5-8-29(35)34-18-16-32(17-19-34)22-28(38-23-25-12-10-24(21-31)11-13-25)26-6-4-7-27(20-26)33-14-2-3-15-33/h4,6-7,10-13,20,28H,2-3,5,8-9,14-19,22-23H2,1H3. The molecule has 0 radical (unpaired) electrons. The molecule has 2 heterocycles. The first kappa shape index (κ1) is 27.6. The van der Waals surface area contributed by atoms with E-state index >= 15 is 0 Å². The first-order valence-electron chi connectivity index (χ1n) is 13.6. The van der Waals surface area contributed by atoms with E-state index in [1.807, 2.05) is 29.2 Å². The fourth-order valence-electron chi connectivity index (χ4n) is 5.08. The molecule has 8 heteroatoms. The number of methoxy groups -OCH3 is 1. The third-order valence-corrected chi connectivity index (χ3v) is 7.40. The van der Waals surface area contributed by atoms with Crippen molar-refractivity contribution in [1.82, 2.24) is 9.80 Å². The van der Waals surface area contributed by atoms with Gasteiger partial charge in [0.1, 0.15) is 0 Å². The monoisotopic (exact) mass is 518 g/mol. The SMILES string of the molecule is COC(=O)CCCC(=O)N1CCN(CC(OCc2ccc(C#N)cc2)c2cccc(N3CCCC3)c2)CC1. The van der Waals surface area contributed by atoms with E-state index < -0.39 is 0 Å². The number of carbonyl (C=O) groups excluding carboxylic acids is 2. The average Bonchev–Trinajstić information content (AvgIpc) is 3.51. The molecule has 0 aliphatic carbocycles. The zero-order chi connectivity index (χ0) is 26.7. The lowest BCUT2D eigenvalue weighted by atomic mass is 10.1. The van der Waals surface area contributed by atoms with Gasteiger partial charge in [0.2, 0.25) is 5.91 Å². The Labute approximate surface area is 225 Å². The number of ether oxygens (including phenoxy) is 2. The van der Waals surface area contributed by atoms with Crippen LogP contribution in [-0.2, 0) is 25.7 Å². The zero-order valence-electron chi connectivity index (χ0n) is 22.3. The molecule has 2 aliphatic rings. The summed E-state index contributed by atoms with van der Waals surface area (Å²) >= 11 is 0. The second kappa shape index (κ2) is 13.9. The summed E-state index contributed by atoms with van der Waals surface area (Å²) in [7, 11) is 1.37. The van der Waals surface area contributed by atoms with Crippen LogP contribution < -0.4 is 4.90 Å². The van der Waals surface area contributed by atoms with Crippen molar-refractivity contribution in [3.63, 3.8) is 0 Å². The summed E-state index contributed by atoms with van der Waals surface area (Å²) in [5.41, 5.74) is 4.08. The number of nitriles is 1. The first-order valence-corrected chi connectivity index (χ1v) is 13.6. The normalized spacial score (nSPS) is 16.7. The van der Waals surface area contributed by atoms with Crippen molar-refractivity contribution in [2.75, 3.05) is 57.8 Å². The van der Waals surface area contributed by atoms with Crippen LogP contribution in [0, 0.1) is 11.3 Å². The molecule has 1 amide bonds. The lowest BCUT2D eigenvalue weighted by Gasteiger charge is -2.36. The van der Waals surface area contributed by atoms with Crippen LogP contribution in [-0.4, -0.2) is 74.6 Å². The minimum atomic E-state index is -0.275. The van der Waals surface area contributed by atoms with Crippen LogP contribution in [0.25, 0.3) is 0 Å². The summed E-state index contributed by atoms with van der Waals surface area (Å²) in [6.45, 7) is 6.30. The van der Waals surface area contributed by atoms with Crippen LogP contribution in [0.1, 0.15) is 54.9 Å². The van der Waals surface area contributed by atoms with Gasteiger partial charge in [0.05, 0.1) is 31.5 Å². The first-order chi connectivity index (χ1) is 18.6. The van der Waals surface area contributed by atoms with E-state index in [1.54, 1.807) is 0 Å². The topological polar surface area (TPSA) is 86.1 Å². The Hall–Kier alpha value is -3.41. The van der Waals surface area contributed by atoms with E-state index in [0.717, 1.165) is 43.9 Å². The van der Waals surface area contributed by atoms with Crippen molar-refractivity contribution in [3.8, 4) is 6.07 Å². The number of hydrogen-bond acceptors (Lipinski definition) is 7. The molecule has 0 spiro atoms. The number of amides is 1. The number of carbonyl (C=O) groups is 2. The zero-order valence-corrected chi connectivity index (χ0v) is 22.3. The van der Waals surface area contributed by atoms with Gasteiger partial charge in [-0.25, -0.2) is 0 Å². The minimum Gasteiger partial charge on any atom is -0.469 e. The molecular formula is C30H38N4O4. The van der Waals surface area contributed by atoms with Gasteiger partial charge in [-0.15, -0.1) is 0 Å². The summed E-state index contributed by atoms with van der Waals surface area (Å²) in [6.07, 6.45) is 3.51. The van der Waals surface area contributed by atoms with E-state index in [0.29, 0.717) is 38.1 Å². The van der Waals surface area contributed by atoms with E-state index in [1.165, 1.54) is 25.6 Å². The maximum atomic E-state index is 12.6. The third kappa shape index (κ3) is 7.80. The molecule has 0 N–H and O–H groups in total. The lowest BCUT2D eigenvalue weighted by molar-refractivity contribution is -0.141. The number of benzene rings is 2. The molecule has 2 aromatic carbocycles. The van der Waals surface area contributed by atoms with Crippen molar-refractivity contribution in [3.05, 3.63) is 65.2 Å². The number of rotatable bonds is 11. The molecule has 4 rings (SSSR count). The molecule has 0 aromatic heterocycles. The van der Waals surface area contributed by atoms with Gasteiger partial charge in [0, 0.05) is 64.3 Å². The van der Waals surface area contributed by atoms with Crippen molar-refractivity contribution in [1.29, 1.82) is 5.26 Å². The van der Waals surface area contributed by atoms with E-state index in [4.69, 9.17) is 10.00 Å². The molecule has 0 saturated carbocycles. The Kier molecular flexibility index (Phi) is 10.1. The fraction of sp³-hybridized carbons (Fsp3) is 0.500.